The molecule has 0 radical (unpaired) electrons. The van der Waals surface area contributed by atoms with E-state index in [0.717, 1.165) is 17.3 Å². The van der Waals surface area contributed by atoms with Gasteiger partial charge in [-0.3, -0.25) is 9.78 Å². The van der Waals surface area contributed by atoms with Crippen LogP contribution in [0.4, 0.5) is 13.2 Å². The number of nitrogens with zero attached hydrogens (tertiary/aromatic N) is 2. The number of ether oxygens (including phenoxy) is 1. The van der Waals surface area contributed by atoms with Gasteiger partial charge in [0.2, 0.25) is 0 Å². The summed E-state index contributed by atoms with van der Waals surface area (Å²) >= 11 is 0. The van der Waals surface area contributed by atoms with Crippen LogP contribution in [0.2, 0.25) is 0 Å². The number of halogens is 3. The predicted octanol–water partition coefficient (Wildman–Crippen LogP) is 5.21. The lowest BCUT2D eigenvalue weighted by Crippen LogP contribution is -2.42. The smallest absolute Gasteiger partial charge is 0.368 e. The largest absolute Gasteiger partial charge is 0.416 e. The molecular formula is C25H23F3N2O2. The van der Waals surface area contributed by atoms with E-state index >= 15 is 0 Å². The maximum absolute atomic E-state index is 13.0. The standard InChI is InChI=1S/C25H23F3N2O2/c1-17-12-19(13-18-6-5-9-21(14-18)25(26,27)28)15-22(29-17)23-16-30(10-11-32-23)24(31)20-7-3-2-4-8-20/h2-9,12,14-15,23H,10-11,13,16H2,1H3. The molecule has 4 nitrogen and oxygen atoms in total. The summed E-state index contributed by atoms with van der Waals surface area (Å²) in [5, 5.41) is 0. The lowest BCUT2D eigenvalue weighted by Gasteiger charge is -2.33. The van der Waals surface area contributed by atoms with Gasteiger partial charge >= 0.3 is 6.18 Å². The Balaban J connectivity index is 1.53. The van der Waals surface area contributed by atoms with Crippen molar-refractivity contribution in [2.24, 2.45) is 0 Å². The van der Waals surface area contributed by atoms with Crippen LogP contribution >= 0.6 is 0 Å². The fourth-order valence-electron chi connectivity index (χ4n) is 3.90. The Morgan fingerprint density at radius 2 is 1.84 bits per heavy atom. The first-order valence-electron chi connectivity index (χ1n) is 10.4. The van der Waals surface area contributed by atoms with Crippen molar-refractivity contribution in [2.75, 3.05) is 19.7 Å². The highest BCUT2D eigenvalue weighted by Crippen LogP contribution is 2.30. The van der Waals surface area contributed by atoms with Gasteiger partial charge in [0.15, 0.2) is 0 Å². The summed E-state index contributed by atoms with van der Waals surface area (Å²) in [6, 6.07) is 18.1. The van der Waals surface area contributed by atoms with Crippen molar-refractivity contribution < 1.29 is 22.7 Å². The molecule has 166 valence electrons. The van der Waals surface area contributed by atoms with Gasteiger partial charge in [-0.1, -0.05) is 36.4 Å². The van der Waals surface area contributed by atoms with E-state index in [2.05, 4.69) is 4.98 Å². The van der Waals surface area contributed by atoms with Crippen LogP contribution in [0.3, 0.4) is 0 Å². The van der Waals surface area contributed by atoms with Crippen LogP contribution in [0.1, 0.15) is 44.5 Å². The quantitative estimate of drug-likeness (QED) is 0.559. The molecule has 2 aromatic carbocycles. The third-order valence-electron chi connectivity index (χ3n) is 5.40. The summed E-state index contributed by atoms with van der Waals surface area (Å²) in [4.78, 5) is 19.2. The first-order chi connectivity index (χ1) is 15.3. The lowest BCUT2D eigenvalue weighted by molar-refractivity contribution is -0.137. The molecule has 0 N–H and O–H groups in total. The summed E-state index contributed by atoms with van der Waals surface area (Å²) in [5.74, 6) is -0.0595. The molecule has 0 bridgehead atoms. The molecule has 1 aliphatic rings. The second-order valence-electron chi connectivity index (χ2n) is 7.89. The van der Waals surface area contributed by atoms with E-state index in [1.807, 2.05) is 37.3 Å². The number of amides is 1. The van der Waals surface area contributed by atoms with E-state index in [9.17, 15) is 18.0 Å². The van der Waals surface area contributed by atoms with Gasteiger partial charge < -0.3 is 9.64 Å². The highest BCUT2D eigenvalue weighted by atomic mass is 19.4. The summed E-state index contributed by atoms with van der Waals surface area (Å²) in [6.07, 6.45) is -4.42. The molecule has 0 spiro atoms. The predicted molar refractivity (Wildman–Crippen MR) is 114 cm³/mol. The average molecular weight is 440 g/mol. The number of pyridine rings is 1. The molecule has 1 saturated heterocycles. The number of rotatable bonds is 4. The number of morpholine rings is 1. The SMILES string of the molecule is Cc1cc(Cc2cccc(C(F)(F)F)c2)cc(C2CN(C(=O)c3ccccc3)CCO2)n1. The lowest BCUT2D eigenvalue weighted by atomic mass is 10.0. The van der Waals surface area contributed by atoms with Gasteiger partial charge in [0.25, 0.3) is 5.91 Å². The highest BCUT2D eigenvalue weighted by molar-refractivity contribution is 5.94. The van der Waals surface area contributed by atoms with Crippen molar-refractivity contribution in [1.82, 2.24) is 9.88 Å². The third kappa shape index (κ3) is 5.16. The maximum Gasteiger partial charge on any atom is 0.416 e. The molecule has 1 aromatic heterocycles. The average Bonchev–Trinajstić information content (AvgIpc) is 2.78. The van der Waals surface area contributed by atoms with Gasteiger partial charge in [-0.15, -0.1) is 0 Å². The van der Waals surface area contributed by atoms with E-state index in [1.165, 1.54) is 12.1 Å². The second kappa shape index (κ2) is 9.12. The monoisotopic (exact) mass is 440 g/mol. The molecule has 1 aliphatic heterocycles. The Bertz CT molecular complexity index is 1100. The van der Waals surface area contributed by atoms with Gasteiger partial charge in [-0.2, -0.15) is 13.2 Å². The van der Waals surface area contributed by atoms with Crippen LogP contribution < -0.4 is 0 Å². The van der Waals surface area contributed by atoms with E-state index < -0.39 is 17.8 Å². The molecule has 1 fully saturated rings. The molecule has 1 unspecified atom stereocenters. The fraction of sp³-hybridized carbons (Fsp3) is 0.280. The minimum absolute atomic E-state index is 0.0595. The van der Waals surface area contributed by atoms with Crippen molar-refractivity contribution in [1.29, 1.82) is 0 Å². The Labute approximate surface area is 184 Å². The molecule has 7 heteroatoms. The van der Waals surface area contributed by atoms with Crippen molar-refractivity contribution in [3.63, 3.8) is 0 Å². The van der Waals surface area contributed by atoms with Crippen LogP contribution in [0.5, 0.6) is 0 Å². The van der Waals surface area contributed by atoms with Gasteiger partial charge in [0.1, 0.15) is 6.10 Å². The van der Waals surface area contributed by atoms with Gasteiger partial charge in [0, 0.05) is 17.8 Å². The third-order valence-corrected chi connectivity index (χ3v) is 5.40. The minimum Gasteiger partial charge on any atom is -0.368 e. The number of alkyl halides is 3. The molecular weight excluding hydrogens is 417 g/mol. The van der Waals surface area contributed by atoms with E-state index in [-0.39, 0.29) is 5.91 Å². The molecule has 0 saturated carbocycles. The minimum atomic E-state index is -4.37. The summed E-state index contributed by atoms with van der Waals surface area (Å²) in [5.41, 5.74) is 2.81. The number of aromatic nitrogens is 1. The number of aryl methyl sites for hydroxylation is 1. The number of carbonyl (C=O) groups is 1. The Morgan fingerprint density at radius 3 is 2.59 bits per heavy atom. The number of benzene rings is 2. The normalized spacial score (nSPS) is 16.8. The van der Waals surface area contributed by atoms with Crippen LogP contribution in [0, 0.1) is 6.92 Å². The van der Waals surface area contributed by atoms with Crippen molar-refractivity contribution in [3.05, 3.63) is 100 Å². The summed E-state index contributed by atoms with van der Waals surface area (Å²) in [6.45, 7) is 3.09. The van der Waals surface area contributed by atoms with E-state index in [0.29, 0.717) is 42.9 Å². The van der Waals surface area contributed by atoms with Gasteiger partial charge in [0.05, 0.1) is 24.4 Å². The topological polar surface area (TPSA) is 42.4 Å². The van der Waals surface area contributed by atoms with Crippen molar-refractivity contribution >= 4 is 5.91 Å². The first kappa shape index (κ1) is 22.0. The van der Waals surface area contributed by atoms with E-state index in [4.69, 9.17) is 4.74 Å². The summed E-state index contributed by atoms with van der Waals surface area (Å²) in [7, 11) is 0. The van der Waals surface area contributed by atoms with E-state index in [1.54, 1.807) is 23.1 Å². The zero-order chi connectivity index (χ0) is 22.7. The van der Waals surface area contributed by atoms with Crippen LogP contribution in [-0.2, 0) is 17.3 Å². The Kier molecular flexibility index (Phi) is 6.28. The summed E-state index contributed by atoms with van der Waals surface area (Å²) < 4.78 is 45.0. The zero-order valence-electron chi connectivity index (χ0n) is 17.6. The van der Waals surface area contributed by atoms with Crippen LogP contribution in [0.25, 0.3) is 0 Å². The maximum atomic E-state index is 13.0. The first-order valence-corrected chi connectivity index (χ1v) is 10.4. The zero-order valence-corrected chi connectivity index (χ0v) is 17.6. The molecule has 2 heterocycles. The second-order valence-corrected chi connectivity index (χ2v) is 7.89. The number of hydrogen-bond acceptors (Lipinski definition) is 3. The van der Waals surface area contributed by atoms with Crippen LogP contribution in [0.15, 0.2) is 66.7 Å². The Morgan fingerprint density at radius 1 is 1.06 bits per heavy atom. The van der Waals surface area contributed by atoms with Gasteiger partial charge in [-0.25, -0.2) is 0 Å². The van der Waals surface area contributed by atoms with Crippen molar-refractivity contribution in [2.45, 2.75) is 25.6 Å². The number of carbonyl (C=O) groups excluding carboxylic acids is 1. The molecule has 0 aliphatic carbocycles. The molecule has 3 aromatic rings. The van der Waals surface area contributed by atoms with Crippen molar-refractivity contribution in [3.8, 4) is 0 Å². The molecule has 32 heavy (non-hydrogen) atoms. The molecule has 1 amide bonds. The highest BCUT2D eigenvalue weighted by Gasteiger charge is 2.30. The fourth-order valence-corrected chi connectivity index (χ4v) is 3.90. The Hall–Kier alpha value is -3.19. The van der Waals surface area contributed by atoms with Gasteiger partial charge in [-0.05, 0) is 54.8 Å². The number of hydrogen-bond donors (Lipinski definition) is 0. The van der Waals surface area contributed by atoms with Crippen LogP contribution in [-0.4, -0.2) is 35.5 Å². The molecule has 4 rings (SSSR count). The molecule has 1 atom stereocenters.